The molecule has 8 heteroatoms. The molecule has 0 saturated carbocycles. The van der Waals surface area contributed by atoms with Crippen LogP contribution in [0, 0.1) is 0 Å². The number of aliphatic hydroxyl groups excluding tert-OH is 1. The topological polar surface area (TPSA) is 44.3 Å². The van der Waals surface area contributed by atoms with Crippen molar-refractivity contribution in [2.45, 2.75) is 70.4 Å². The van der Waals surface area contributed by atoms with E-state index in [1.807, 2.05) is 13.8 Å². The lowest BCUT2D eigenvalue weighted by Gasteiger charge is -2.21. The third-order valence-corrected chi connectivity index (χ3v) is 3.20. The van der Waals surface area contributed by atoms with E-state index in [9.17, 15) is 13.2 Å². The van der Waals surface area contributed by atoms with Crippen molar-refractivity contribution in [3.8, 4) is 0 Å². The molecule has 0 fully saturated rings. The van der Waals surface area contributed by atoms with Crippen LogP contribution in [0.5, 0.6) is 0 Å². The van der Waals surface area contributed by atoms with Crippen LogP contribution < -0.4 is 10.6 Å². The highest BCUT2D eigenvalue weighted by atomic mass is 19.3. The summed E-state index contributed by atoms with van der Waals surface area (Å²) in [4.78, 5) is 0. The summed E-state index contributed by atoms with van der Waals surface area (Å²) in [6.07, 6.45) is 1.40. The largest absolute Gasteiger partial charge is 0.390 e. The number of hydrogen-bond donors (Lipinski definition) is 3. The summed E-state index contributed by atoms with van der Waals surface area (Å²) in [6, 6.07) is 0.0593. The molecule has 0 aliphatic carbocycles. The number of hydrogen-bond acceptors (Lipinski definition) is 3. The molecule has 0 heterocycles. The molecule has 0 saturated heterocycles. The van der Waals surface area contributed by atoms with E-state index < -0.39 is 24.7 Å². The summed E-state index contributed by atoms with van der Waals surface area (Å²) in [5, 5.41) is 13.7. The van der Waals surface area contributed by atoms with Crippen LogP contribution in [0.2, 0.25) is 12.6 Å². The quantitative estimate of drug-likeness (QED) is 0.539. The minimum atomic E-state index is -3.04. The van der Waals surface area contributed by atoms with Crippen LogP contribution in [0.4, 0.5) is 13.2 Å². The van der Waals surface area contributed by atoms with E-state index in [4.69, 9.17) is 20.8 Å². The number of aliphatic hydroxyl groups is 1. The molecule has 128 valence electrons. The molecule has 0 aliphatic heterocycles. The lowest BCUT2D eigenvalue weighted by Crippen LogP contribution is -2.39. The summed E-state index contributed by atoms with van der Waals surface area (Å²) < 4.78 is 37.8. The molecule has 3 N–H and O–H groups in total. The van der Waals surface area contributed by atoms with Crippen LogP contribution >= 0.6 is 0 Å². The van der Waals surface area contributed by atoms with Gasteiger partial charge in [0, 0.05) is 6.54 Å². The van der Waals surface area contributed by atoms with Gasteiger partial charge in [-0.25, -0.2) is 13.2 Å². The maximum atomic E-state index is 13.2. The van der Waals surface area contributed by atoms with Crippen molar-refractivity contribution in [3.63, 3.8) is 0 Å². The minimum absolute atomic E-state index is 0.146. The second-order valence-electron chi connectivity index (χ2n) is 5.82. The Kier molecular flexibility index (Phi) is 13.4. The van der Waals surface area contributed by atoms with Crippen LogP contribution in [0.3, 0.4) is 0 Å². The second-order valence-corrected chi connectivity index (χ2v) is 5.82. The van der Waals surface area contributed by atoms with Crippen molar-refractivity contribution in [2.75, 3.05) is 19.7 Å². The van der Waals surface area contributed by atoms with Gasteiger partial charge in [-0.3, -0.25) is 0 Å². The third-order valence-electron chi connectivity index (χ3n) is 3.20. The lowest BCUT2D eigenvalue weighted by atomic mass is 9.97. The molecule has 22 heavy (non-hydrogen) atoms. The van der Waals surface area contributed by atoms with Crippen LogP contribution in [-0.4, -0.2) is 64.2 Å². The van der Waals surface area contributed by atoms with E-state index in [0.29, 0.717) is 25.6 Å². The van der Waals surface area contributed by atoms with Gasteiger partial charge in [-0.15, -0.1) is 0 Å². The Morgan fingerprint density at radius 1 is 1.00 bits per heavy atom. The van der Waals surface area contributed by atoms with Gasteiger partial charge in [-0.2, -0.15) is 0 Å². The van der Waals surface area contributed by atoms with Crippen LogP contribution in [0.15, 0.2) is 0 Å². The lowest BCUT2D eigenvalue weighted by molar-refractivity contribution is -0.0487. The first-order chi connectivity index (χ1) is 10.0. The maximum Gasteiger partial charge on any atom is 0.282 e. The predicted octanol–water partition coefficient (Wildman–Crippen LogP) is 1.87. The maximum absolute atomic E-state index is 13.2. The fraction of sp³-hybridized carbons (Fsp3) is 1.00. The SMILES string of the molecule is [B]CC(C)NCC(C)(F)CC.[B]CC(C)NCC(F)(F)CO. The zero-order valence-electron chi connectivity index (χ0n) is 14.1. The molecule has 0 bridgehead atoms. The second kappa shape index (κ2) is 12.3. The van der Waals surface area contributed by atoms with Gasteiger partial charge in [-0.05, 0) is 25.4 Å². The molecule has 0 spiro atoms. The van der Waals surface area contributed by atoms with E-state index in [2.05, 4.69) is 10.6 Å². The molecule has 0 aromatic rings. The first kappa shape index (κ1) is 24.1. The summed E-state index contributed by atoms with van der Waals surface area (Å²) in [5.41, 5.74) is -1.09. The number of halogens is 3. The van der Waals surface area contributed by atoms with E-state index in [1.54, 1.807) is 13.8 Å². The molecule has 3 unspecified atom stereocenters. The summed E-state index contributed by atoms with van der Waals surface area (Å²) >= 11 is 0. The Morgan fingerprint density at radius 3 is 1.73 bits per heavy atom. The number of rotatable bonds is 10. The van der Waals surface area contributed by atoms with Gasteiger partial charge in [0.25, 0.3) is 5.92 Å². The average Bonchev–Trinajstić information content (AvgIpc) is 2.50. The van der Waals surface area contributed by atoms with E-state index in [1.165, 1.54) is 0 Å². The normalized spacial score (nSPS) is 17.1. The molecule has 4 radical (unpaired) electrons. The van der Waals surface area contributed by atoms with Crippen molar-refractivity contribution in [1.82, 2.24) is 10.6 Å². The molecule has 0 aromatic heterocycles. The highest BCUT2D eigenvalue weighted by Crippen LogP contribution is 2.13. The fourth-order valence-corrected chi connectivity index (χ4v) is 1.06. The Labute approximate surface area is 135 Å². The molecule has 3 nitrogen and oxygen atoms in total. The standard InChI is InChI=1S/C8H17BFN.C6H12BF2NO/c1-4-8(3,10)6-11-7(2)5-9;1-5(2-7)10-3-6(8,9)4-11/h7,11H,4-6H2,1-3H3;5,10-11H,2-4H2,1H3. The van der Waals surface area contributed by atoms with Crippen LogP contribution in [0.1, 0.15) is 34.1 Å². The summed E-state index contributed by atoms with van der Waals surface area (Å²) in [6.45, 7) is 5.83. The zero-order valence-corrected chi connectivity index (χ0v) is 14.1. The van der Waals surface area contributed by atoms with Gasteiger partial charge >= 0.3 is 0 Å². The molecule has 0 amide bonds. The molecular formula is C14H29B2F3N2O. The van der Waals surface area contributed by atoms with Crippen LogP contribution in [0.25, 0.3) is 0 Å². The summed E-state index contributed by atoms with van der Waals surface area (Å²) in [5.74, 6) is -3.04. The van der Waals surface area contributed by atoms with Gasteiger partial charge in [-0.1, -0.05) is 33.4 Å². The third kappa shape index (κ3) is 14.7. The summed E-state index contributed by atoms with van der Waals surface area (Å²) in [7, 11) is 10.5. The molecular weight excluding hydrogens is 291 g/mol. The first-order valence-electron chi connectivity index (χ1n) is 7.58. The first-order valence-corrected chi connectivity index (χ1v) is 7.58. The number of alkyl halides is 3. The fourth-order valence-electron chi connectivity index (χ4n) is 1.06. The van der Waals surface area contributed by atoms with Gasteiger partial charge in [0.1, 0.15) is 12.3 Å². The monoisotopic (exact) mass is 320 g/mol. The molecule has 0 aliphatic rings. The van der Waals surface area contributed by atoms with Gasteiger partial charge in [0.2, 0.25) is 0 Å². The van der Waals surface area contributed by atoms with Crippen LogP contribution in [-0.2, 0) is 0 Å². The highest BCUT2D eigenvalue weighted by Gasteiger charge is 2.27. The highest BCUT2D eigenvalue weighted by molar-refractivity contribution is 6.09. The van der Waals surface area contributed by atoms with Crippen molar-refractivity contribution in [3.05, 3.63) is 0 Å². The van der Waals surface area contributed by atoms with Crippen molar-refractivity contribution in [2.24, 2.45) is 0 Å². The molecule has 3 atom stereocenters. The van der Waals surface area contributed by atoms with E-state index in [0.717, 1.165) is 0 Å². The van der Waals surface area contributed by atoms with Crippen molar-refractivity contribution in [1.29, 1.82) is 0 Å². The average molecular weight is 320 g/mol. The van der Waals surface area contributed by atoms with Crippen molar-refractivity contribution < 1.29 is 18.3 Å². The van der Waals surface area contributed by atoms with Gasteiger partial charge in [0.15, 0.2) is 0 Å². The Balaban J connectivity index is 0. The van der Waals surface area contributed by atoms with Crippen molar-refractivity contribution >= 4 is 15.7 Å². The Bertz CT molecular complexity index is 246. The smallest absolute Gasteiger partial charge is 0.282 e. The number of nitrogens with one attached hydrogen (secondary N) is 2. The zero-order chi connectivity index (χ0) is 17.8. The minimum Gasteiger partial charge on any atom is -0.390 e. The Morgan fingerprint density at radius 2 is 1.41 bits per heavy atom. The van der Waals surface area contributed by atoms with Gasteiger partial charge in [0.05, 0.1) is 22.2 Å². The molecule has 0 rings (SSSR count). The Hall–Kier alpha value is -0.200. The van der Waals surface area contributed by atoms with E-state index >= 15 is 0 Å². The molecule has 0 aromatic carbocycles. The van der Waals surface area contributed by atoms with E-state index in [-0.39, 0.29) is 12.1 Å². The van der Waals surface area contributed by atoms with Gasteiger partial charge < -0.3 is 15.7 Å². The predicted molar refractivity (Wildman–Crippen MR) is 87.9 cm³/mol.